The third-order valence-electron chi connectivity index (χ3n) is 2.69. The van der Waals surface area contributed by atoms with Crippen molar-refractivity contribution in [2.75, 3.05) is 0 Å². The fourth-order valence-electron chi connectivity index (χ4n) is 1.76. The van der Waals surface area contributed by atoms with Crippen molar-refractivity contribution in [2.45, 2.75) is 34.1 Å². The Labute approximate surface area is 107 Å². The van der Waals surface area contributed by atoms with Gasteiger partial charge in [0.25, 0.3) is 5.89 Å². The van der Waals surface area contributed by atoms with Gasteiger partial charge in [-0.05, 0) is 24.5 Å². The Kier molecular flexibility index (Phi) is 3.11. The maximum Gasteiger partial charge on any atom is 0.258 e. The molecule has 0 saturated carbocycles. The predicted octanol–water partition coefficient (Wildman–Crippen LogP) is 3.34. The van der Waals surface area contributed by atoms with E-state index in [0.29, 0.717) is 11.7 Å². The van der Waals surface area contributed by atoms with Crippen LogP contribution in [0.1, 0.15) is 32.2 Å². The highest BCUT2D eigenvalue weighted by molar-refractivity contribution is 5.61. The Morgan fingerprint density at radius 1 is 1.28 bits per heavy atom. The van der Waals surface area contributed by atoms with Crippen molar-refractivity contribution in [3.8, 4) is 17.2 Å². The van der Waals surface area contributed by atoms with Gasteiger partial charge in [0.05, 0.1) is 0 Å². The average Bonchev–Trinajstić information content (AvgIpc) is 2.68. The van der Waals surface area contributed by atoms with E-state index in [1.165, 1.54) is 0 Å². The molecule has 0 aliphatic rings. The molecule has 0 fully saturated rings. The van der Waals surface area contributed by atoms with E-state index in [4.69, 9.17) is 4.52 Å². The van der Waals surface area contributed by atoms with Crippen LogP contribution in [0.25, 0.3) is 11.5 Å². The summed E-state index contributed by atoms with van der Waals surface area (Å²) in [7, 11) is 0. The third-order valence-corrected chi connectivity index (χ3v) is 2.69. The van der Waals surface area contributed by atoms with Crippen LogP contribution < -0.4 is 0 Å². The Morgan fingerprint density at radius 3 is 2.67 bits per heavy atom. The van der Waals surface area contributed by atoms with Gasteiger partial charge in [0, 0.05) is 17.5 Å². The molecule has 0 radical (unpaired) electrons. The lowest BCUT2D eigenvalue weighted by Crippen LogP contribution is -2.10. The fraction of sp³-hybridized carbons (Fsp3) is 0.429. The van der Waals surface area contributed by atoms with E-state index in [-0.39, 0.29) is 11.2 Å². The molecule has 0 atom stereocenters. The van der Waals surface area contributed by atoms with Gasteiger partial charge in [-0.15, -0.1) is 0 Å². The first-order valence-electron chi connectivity index (χ1n) is 5.98. The van der Waals surface area contributed by atoms with Crippen molar-refractivity contribution < 1.29 is 9.63 Å². The first-order chi connectivity index (χ1) is 8.37. The standard InChI is InChI=1S/C14H18N2O2/c1-9-10(6-5-7-11(9)17)13-15-12(16-18-13)8-14(2,3)4/h5-7,17H,8H2,1-4H3. The first kappa shape index (κ1) is 12.6. The second-order valence-corrected chi connectivity index (χ2v) is 5.70. The van der Waals surface area contributed by atoms with Crippen LogP contribution in [0.4, 0.5) is 0 Å². The quantitative estimate of drug-likeness (QED) is 0.882. The lowest BCUT2D eigenvalue weighted by atomic mass is 9.92. The second-order valence-electron chi connectivity index (χ2n) is 5.70. The summed E-state index contributed by atoms with van der Waals surface area (Å²) in [5.41, 5.74) is 1.65. The van der Waals surface area contributed by atoms with Crippen molar-refractivity contribution >= 4 is 0 Å². The lowest BCUT2D eigenvalue weighted by Gasteiger charge is -2.14. The maximum absolute atomic E-state index is 9.66. The van der Waals surface area contributed by atoms with Crippen LogP contribution in [0, 0.1) is 12.3 Å². The van der Waals surface area contributed by atoms with Gasteiger partial charge in [0.1, 0.15) is 5.75 Å². The van der Waals surface area contributed by atoms with Gasteiger partial charge in [-0.2, -0.15) is 4.98 Å². The summed E-state index contributed by atoms with van der Waals surface area (Å²) in [5, 5.41) is 13.6. The highest BCUT2D eigenvalue weighted by Gasteiger charge is 2.18. The van der Waals surface area contributed by atoms with Gasteiger partial charge < -0.3 is 9.63 Å². The van der Waals surface area contributed by atoms with Crippen LogP contribution in [-0.4, -0.2) is 15.2 Å². The zero-order chi connectivity index (χ0) is 13.3. The molecule has 96 valence electrons. The summed E-state index contributed by atoms with van der Waals surface area (Å²) >= 11 is 0. The average molecular weight is 246 g/mol. The highest BCUT2D eigenvalue weighted by Crippen LogP contribution is 2.28. The maximum atomic E-state index is 9.66. The Balaban J connectivity index is 2.33. The zero-order valence-electron chi connectivity index (χ0n) is 11.2. The number of nitrogens with zero attached hydrogens (tertiary/aromatic N) is 2. The molecule has 1 aromatic carbocycles. The van der Waals surface area contributed by atoms with Gasteiger partial charge in [0.15, 0.2) is 5.82 Å². The summed E-state index contributed by atoms with van der Waals surface area (Å²) in [6.45, 7) is 8.21. The van der Waals surface area contributed by atoms with Gasteiger partial charge in [0.2, 0.25) is 0 Å². The lowest BCUT2D eigenvalue weighted by molar-refractivity contribution is 0.374. The van der Waals surface area contributed by atoms with Gasteiger partial charge in [-0.25, -0.2) is 0 Å². The topological polar surface area (TPSA) is 59.2 Å². The Morgan fingerprint density at radius 2 is 2.00 bits per heavy atom. The van der Waals surface area contributed by atoms with E-state index < -0.39 is 0 Å². The molecule has 0 saturated heterocycles. The summed E-state index contributed by atoms with van der Waals surface area (Å²) < 4.78 is 5.26. The van der Waals surface area contributed by atoms with E-state index in [0.717, 1.165) is 17.5 Å². The van der Waals surface area contributed by atoms with E-state index in [2.05, 4.69) is 30.9 Å². The molecule has 0 amide bonds. The molecule has 0 aliphatic carbocycles. The minimum atomic E-state index is 0.120. The number of phenols is 1. The molecular weight excluding hydrogens is 228 g/mol. The molecule has 1 N–H and O–H groups in total. The molecule has 2 aromatic rings. The van der Waals surface area contributed by atoms with Gasteiger partial charge >= 0.3 is 0 Å². The fourth-order valence-corrected chi connectivity index (χ4v) is 1.76. The van der Waals surface area contributed by atoms with Crippen molar-refractivity contribution in [3.63, 3.8) is 0 Å². The summed E-state index contributed by atoms with van der Waals surface area (Å²) in [6.07, 6.45) is 0.758. The number of hydrogen-bond donors (Lipinski definition) is 1. The monoisotopic (exact) mass is 246 g/mol. The molecule has 2 rings (SSSR count). The highest BCUT2D eigenvalue weighted by atomic mass is 16.5. The van der Waals surface area contributed by atoms with Gasteiger partial charge in [-0.3, -0.25) is 0 Å². The molecule has 18 heavy (non-hydrogen) atoms. The smallest absolute Gasteiger partial charge is 0.258 e. The number of benzene rings is 1. The minimum Gasteiger partial charge on any atom is -0.508 e. The van der Waals surface area contributed by atoms with Gasteiger partial charge in [-0.1, -0.05) is 32.0 Å². The molecule has 1 aromatic heterocycles. The van der Waals surface area contributed by atoms with Crippen molar-refractivity contribution in [1.29, 1.82) is 0 Å². The first-order valence-corrected chi connectivity index (χ1v) is 5.98. The van der Waals surface area contributed by atoms with Crippen molar-refractivity contribution in [3.05, 3.63) is 29.6 Å². The molecule has 1 heterocycles. The summed E-state index contributed by atoms with van der Waals surface area (Å²) in [5.74, 6) is 1.39. The minimum absolute atomic E-state index is 0.120. The predicted molar refractivity (Wildman–Crippen MR) is 69.3 cm³/mol. The molecule has 4 heteroatoms. The molecule has 4 nitrogen and oxygen atoms in total. The molecular formula is C14H18N2O2. The van der Waals surface area contributed by atoms with Crippen LogP contribution in [0.15, 0.2) is 22.7 Å². The largest absolute Gasteiger partial charge is 0.508 e. The van der Waals surface area contributed by atoms with Crippen molar-refractivity contribution in [1.82, 2.24) is 10.1 Å². The number of aromatic hydroxyl groups is 1. The zero-order valence-corrected chi connectivity index (χ0v) is 11.2. The summed E-state index contributed by atoms with van der Waals surface area (Å²) in [6, 6.07) is 5.28. The van der Waals surface area contributed by atoms with Crippen molar-refractivity contribution in [2.24, 2.45) is 5.41 Å². The van der Waals surface area contributed by atoms with E-state index in [1.54, 1.807) is 12.1 Å². The number of aromatic nitrogens is 2. The van der Waals surface area contributed by atoms with Crippen LogP contribution in [0.3, 0.4) is 0 Å². The van der Waals surface area contributed by atoms with Crippen LogP contribution >= 0.6 is 0 Å². The molecule has 0 aliphatic heterocycles. The Hall–Kier alpha value is -1.84. The van der Waals surface area contributed by atoms with Crippen LogP contribution in [0.5, 0.6) is 5.75 Å². The second kappa shape index (κ2) is 4.44. The van der Waals surface area contributed by atoms with E-state index in [9.17, 15) is 5.11 Å². The molecule has 0 spiro atoms. The normalized spacial score (nSPS) is 11.8. The third kappa shape index (κ3) is 2.70. The van der Waals surface area contributed by atoms with E-state index >= 15 is 0 Å². The van der Waals surface area contributed by atoms with E-state index in [1.807, 2.05) is 13.0 Å². The Bertz CT molecular complexity index is 553. The molecule has 0 bridgehead atoms. The number of rotatable bonds is 2. The molecule has 0 unspecified atom stereocenters. The van der Waals surface area contributed by atoms with Crippen LogP contribution in [-0.2, 0) is 6.42 Å². The number of phenolic OH excluding ortho intramolecular Hbond substituents is 1. The van der Waals surface area contributed by atoms with Crippen LogP contribution in [0.2, 0.25) is 0 Å². The number of hydrogen-bond acceptors (Lipinski definition) is 4. The summed E-state index contributed by atoms with van der Waals surface area (Å²) in [4.78, 5) is 4.38. The SMILES string of the molecule is Cc1c(O)cccc1-c1nc(CC(C)(C)C)no1.